The van der Waals surface area contributed by atoms with Gasteiger partial charge in [-0.05, 0) is 40.6 Å². The Morgan fingerprint density at radius 1 is 1.00 bits per heavy atom. The monoisotopic (exact) mass is 402 g/mol. The predicted molar refractivity (Wildman–Crippen MR) is 114 cm³/mol. The van der Waals surface area contributed by atoms with Crippen LogP contribution in [0.25, 0.3) is 0 Å². The first kappa shape index (κ1) is 18.1. The third-order valence-corrected chi connectivity index (χ3v) is 7.07. The van der Waals surface area contributed by atoms with Gasteiger partial charge in [0.15, 0.2) is 0 Å². The van der Waals surface area contributed by atoms with E-state index in [0.717, 1.165) is 16.9 Å². The number of fused-ring (bicyclic) bond motifs is 2. The second kappa shape index (κ2) is 7.16. The zero-order chi connectivity index (χ0) is 20.0. The number of carbonyl (C=O) groups is 2. The van der Waals surface area contributed by atoms with Gasteiger partial charge in [-0.15, -0.1) is 11.3 Å². The Kier molecular flexibility index (Phi) is 4.47. The molecule has 0 unspecified atom stereocenters. The van der Waals surface area contributed by atoms with Crippen molar-refractivity contribution < 1.29 is 9.59 Å². The van der Waals surface area contributed by atoms with Crippen LogP contribution in [0.2, 0.25) is 0 Å². The molecule has 29 heavy (non-hydrogen) atoms. The van der Waals surface area contributed by atoms with Crippen molar-refractivity contribution in [2.45, 2.75) is 24.9 Å². The van der Waals surface area contributed by atoms with E-state index >= 15 is 0 Å². The molecule has 2 amide bonds. The molecule has 0 bridgehead atoms. The summed E-state index contributed by atoms with van der Waals surface area (Å²) in [5.41, 5.74) is 4.02. The number of carbonyl (C=O) groups excluding carboxylic acids is 2. The van der Waals surface area contributed by atoms with Gasteiger partial charge in [0, 0.05) is 30.6 Å². The Morgan fingerprint density at radius 3 is 2.55 bits per heavy atom. The lowest BCUT2D eigenvalue weighted by Gasteiger charge is -2.41. The lowest BCUT2D eigenvalue weighted by Crippen LogP contribution is -2.47. The summed E-state index contributed by atoms with van der Waals surface area (Å²) in [6, 6.07) is 19.7. The van der Waals surface area contributed by atoms with Crippen LogP contribution in [-0.4, -0.2) is 35.2 Å². The highest BCUT2D eigenvalue weighted by molar-refractivity contribution is 7.10. The van der Waals surface area contributed by atoms with E-state index in [1.807, 2.05) is 59.8 Å². The van der Waals surface area contributed by atoms with Crippen molar-refractivity contribution in [3.8, 4) is 0 Å². The van der Waals surface area contributed by atoms with E-state index in [0.29, 0.717) is 18.7 Å². The molecule has 146 valence electrons. The molecule has 0 saturated carbocycles. The van der Waals surface area contributed by atoms with Gasteiger partial charge < -0.3 is 9.80 Å². The molecular formula is C24H22N2O2S. The summed E-state index contributed by atoms with van der Waals surface area (Å²) in [6.45, 7) is 1.34. The number of hydrogen-bond acceptors (Lipinski definition) is 3. The third kappa shape index (κ3) is 2.97. The van der Waals surface area contributed by atoms with Crippen molar-refractivity contribution in [3.63, 3.8) is 0 Å². The number of amides is 2. The van der Waals surface area contributed by atoms with Gasteiger partial charge in [0.2, 0.25) is 5.91 Å². The van der Waals surface area contributed by atoms with Crippen molar-refractivity contribution in [3.05, 3.63) is 93.2 Å². The van der Waals surface area contributed by atoms with E-state index in [1.54, 1.807) is 16.2 Å². The molecule has 0 N–H and O–H groups in total. The van der Waals surface area contributed by atoms with Gasteiger partial charge in [-0.2, -0.15) is 0 Å². The van der Waals surface area contributed by atoms with E-state index in [2.05, 4.69) is 18.2 Å². The van der Waals surface area contributed by atoms with Gasteiger partial charge in [0.05, 0.1) is 12.0 Å². The zero-order valence-corrected chi connectivity index (χ0v) is 17.1. The van der Waals surface area contributed by atoms with Crippen LogP contribution in [-0.2, 0) is 17.8 Å². The van der Waals surface area contributed by atoms with Crippen molar-refractivity contribution in [1.82, 2.24) is 9.80 Å². The molecule has 0 spiro atoms. The molecule has 0 saturated heterocycles. The number of likely N-dealkylation sites (N-methyl/N-ethyl adjacent to an activating group) is 1. The van der Waals surface area contributed by atoms with Crippen molar-refractivity contribution in [1.29, 1.82) is 0 Å². The molecule has 0 fully saturated rings. The van der Waals surface area contributed by atoms with Crippen LogP contribution in [0.1, 0.15) is 43.9 Å². The largest absolute Gasteiger partial charge is 0.337 e. The molecule has 1 aromatic heterocycles. The van der Waals surface area contributed by atoms with Crippen molar-refractivity contribution >= 4 is 23.2 Å². The summed E-state index contributed by atoms with van der Waals surface area (Å²) in [5, 5.41) is 2.01. The van der Waals surface area contributed by atoms with E-state index in [1.165, 1.54) is 11.1 Å². The highest BCUT2D eigenvalue weighted by Gasteiger charge is 2.44. The summed E-state index contributed by atoms with van der Waals surface area (Å²) in [7, 11) is 1.81. The summed E-state index contributed by atoms with van der Waals surface area (Å²) in [4.78, 5) is 31.7. The lowest BCUT2D eigenvalue weighted by atomic mass is 9.81. The van der Waals surface area contributed by atoms with Crippen LogP contribution in [0.4, 0.5) is 0 Å². The van der Waals surface area contributed by atoms with Gasteiger partial charge in [-0.3, -0.25) is 9.59 Å². The molecular weight excluding hydrogens is 380 g/mol. The minimum atomic E-state index is -0.391. The van der Waals surface area contributed by atoms with Gasteiger partial charge in [-0.1, -0.05) is 48.5 Å². The number of benzene rings is 2. The fourth-order valence-corrected chi connectivity index (χ4v) is 5.54. The normalized spacial score (nSPS) is 20.9. The molecule has 4 nitrogen and oxygen atoms in total. The fraction of sp³-hybridized carbons (Fsp3) is 0.250. The first-order valence-corrected chi connectivity index (χ1v) is 10.8. The van der Waals surface area contributed by atoms with E-state index in [-0.39, 0.29) is 17.9 Å². The fourth-order valence-electron chi connectivity index (χ4n) is 4.64. The van der Waals surface area contributed by atoms with Crippen LogP contribution < -0.4 is 0 Å². The maximum absolute atomic E-state index is 13.9. The predicted octanol–water partition coefficient (Wildman–Crippen LogP) is 4.24. The van der Waals surface area contributed by atoms with Crippen LogP contribution in [0, 0.1) is 0 Å². The van der Waals surface area contributed by atoms with Gasteiger partial charge >= 0.3 is 0 Å². The lowest BCUT2D eigenvalue weighted by molar-refractivity contribution is -0.135. The minimum absolute atomic E-state index is 0.0213. The quantitative estimate of drug-likeness (QED) is 0.643. The van der Waals surface area contributed by atoms with E-state index < -0.39 is 5.92 Å². The van der Waals surface area contributed by atoms with Crippen molar-refractivity contribution in [2.24, 2.45) is 0 Å². The zero-order valence-electron chi connectivity index (χ0n) is 16.2. The number of hydrogen-bond donors (Lipinski definition) is 0. The Balaban J connectivity index is 1.58. The molecule has 0 radical (unpaired) electrons. The second-order valence-electron chi connectivity index (χ2n) is 7.72. The Morgan fingerprint density at radius 2 is 1.76 bits per heavy atom. The van der Waals surface area contributed by atoms with Crippen LogP contribution >= 0.6 is 11.3 Å². The van der Waals surface area contributed by atoms with Gasteiger partial charge in [0.1, 0.15) is 0 Å². The molecule has 2 aromatic carbocycles. The van der Waals surface area contributed by atoms with E-state index in [9.17, 15) is 9.59 Å². The molecule has 3 heterocycles. The minimum Gasteiger partial charge on any atom is -0.337 e. The SMILES string of the molecule is CN1C(=O)c2ccccc2[C@H](C(=O)N2CCc3ccccc3C2)[C@@H]1c1cccs1. The standard InChI is InChI=1S/C24H22N2O2S/c1-25-22(20-11-6-14-29-20)21(18-9-4-5-10-19(18)23(25)27)24(28)26-13-12-16-7-2-3-8-17(16)15-26/h2-11,14,21-22H,12-13,15H2,1H3/t21-,22-/m0/s1. The third-order valence-electron chi connectivity index (χ3n) is 6.12. The Bertz CT molecular complexity index is 1080. The summed E-state index contributed by atoms with van der Waals surface area (Å²) < 4.78 is 0. The van der Waals surface area contributed by atoms with Gasteiger partial charge in [-0.25, -0.2) is 0 Å². The maximum Gasteiger partial charge on any atom is 0.254 e. The topological polar surface area (TPSA) is 40.6 Å². The summed E-state index contributed by atoms with van der Waals surface area (Å²) in [6.07, 6.45) is 0.870. The number of nitrogens with zero attached hydrogens (tertiary/aromatic N) is 2. The molecule has 0 aliphatic carbocycles. The van der Waals surface area contributed by atoms with Crippen LogP contribution in [0.15, 0.2) is 66.0 Å². The second-order valence-corrected chi connectivity index (χ2v) is 8.70. The first-order valence-electron chi connectivity index (χ1n) is 9.90. The molecule has 5 rings (SSSR count). The number of thiophene rings is 1. The van der Waals surface area contributed by atoms with Gasteiger partial charge in [0.25, 0.3) is 5.91 Å². The molecule has 2 atom stereocenters. The van der Waals surface area contributed by atoms with E-state index in [4.69, 9.17) is 0 Å². The Hall–Kier alpha value is -2.92. The average Bonchev–Trinajstić information content (AvgIpc) is 3.29. The highest BCUT2D eigenvalue weighted by Crippen LogP contribution is 2.44. The average molecular weight is 403 g/mol. The Labute approximate surface area is 174 Å². The number of rotatable bonds is 2. The molecule has 5 heteroatoms. The molecule has 3 aromatic rings. The summed E-state index contributed by atoms with van der Waals surface area (Å²) >= 11 is 1.60. The first-order chi connectivity index (χ1) is 14.1. The maximum atomic E-state index is 13.9. The molecule has 2 aliphatic rings. The van der Waals surface area contributed by atoms with Crippen molar-refractivity contribution in [2.75, 3.05) is 13.6 Å². The summed E-state index contributed by atoms with van der Waals surface area (Å²) in [5.74, 6) is -0.311. The highest BCUT2D eigenvalue weighted by atomic mass is 32.1. The van der Waals surface area contributed by atoms with Crippen LogP contribution in [0.3, 0.4) is 0 Å². The smallest absolute Gasteiger partial charge is 0.254 e. The van der Waals surface area contributed by atoms with Crippen LogP contribution in [0.5, 0.6) is 0 Å². The molecule has 2 aliphatic heterocycles.